The second kappa shape index (κ2) is 37.9. The van der Waals surface area contributed by atoms with E-state index in [2.05, 4.69) is 55.6 Å². The fraction of sp³-hybridized carbons (Fsp3) is 0.824. The molecule has 0 aromatic carbocycles. The highest BCUT2D eigenvalue weighted by Crippen LogP contribution is 2.30. The maximum Gasteiger partial charge on any atom is 0.220 e. The molecular formula is C51H91NO13. The molecule has 12 unspecified atom stereocenters. The molecule has 2 fully saturated rings. The van der Waals surface area contributed by atoms with Gasteiger partial charge in [0, 0.05) is 6.42 Å². The van der Waals surface area contributed by atoms with E-state index in [1.165, 1.54) is 83.5 Å². The molecule has 2 saturated heterocycles. The fourth-order valence-electron chi connectivity index (χ4n) is 8.04. The van der Waals surface area contributed by atoms with Crippen molar-refractivity contribution in [3.8, 4) is 0 Å². The van der Waals surface area contributed by atoms with Crippen LogP contribution in [0, 0.1) is 0 Å². The van der Waals surface area contributed by atoms with Crippen LogP contribution in [-0.4, -0.2) is 140 Å². The van der Waals surface area contributed by atoms with Gasteiger partial charge in [-0.15, -0.1) is 0 Å². The van der Waals surface area contributed by atoms with E-state index in [0.29, 0.717) is 12.8 Å². The zero-order valence-corrected chi connectivity index (χ0v) is 40.0. The first kappa shape index (κ1) is 59.1. The van der Waals surface area contributed by atoms with Crippen LogP contribution in [0.25, 0.3) is 0 Å². The second-order valence-electron chi connectivity index (χ2n) is 17.9. The maximum atomic E-state index is 13.2. The van der Waals surface area contributed by atoms with Gasteiger partial charge in [0.05, 0.1) is 32.0 Å². The molecular weight excluding hydrogens is 835 g/mol. The summed E-state index contributed by atoms with van der Waals surface area (Å²) in [6.45, 7) is 2.71. The van der Waals surface area contributed by atoms with Gasteiger partial charge in [0.2, 0.25) is 5.91 Å². The lowest BCUT2D eigenvalue weighted by Crippen LogP contribution is -2.65. The Labute approximate surface area is 391 Å². The molecule has 9 N–H and O–H groups in total. The largest absolute Gasteiger partial charge is 0.394 e. The number of nitrogens with one attached hydrogen (secondary N) is 1. The minimum atomic E-state index is -1.79. The number of carbonyl (C=O) groups is 1. The average Bonchev–Trinajstić information content (AvgIpc) is 3.30. The van der Waals surface area contributed by atoms with Crippen LogP contribution in [0.1, 0.15) is 174 Å². The van der Waals surface area contributed by atoms with Crippen LogP contribution in [0.15, 0.2) is 48.6 Å². The lowest BCUT2D eigenvalue weighted by molar-refractivity contribution is -0.359. The molecule has 14 nitrogen and oxygen atoms in total. The van der Waals surface area contributed by atoms with E-state index in [4.69, 9.17) is 18.9 Å². The second-order valence-corrected chi connectivity index (χ2v) is 17.9. The van der Waals surface area contributed by atoms with E-state index < -0.39 is 86.8 Å². The summed E-state index contributed by atoms with van der Waals surface area (Å²) in [6.07, 6.45) is 27.2. The maximum absolute atomic E-state index is 13.2. The minimum Gasteiger partial charge on any atom is -0.394 e. The molecule has 2 aliphatic rings. The average molecular weight is 926 g/mol. The number of hydrogen-bond donors (Lipinski definition) is 9. The van der Waals surface area contributed by atoms with E-state index in [1.54, 1.807) is 6.08 Å². The number of rotatable bonds is 38. The van der Waals surface area contributed by atoms with Crippen molar-refractivity contribution in [2.75, 3.05) is 19.8 Å². The molecule has 2 heterocycles. The summed E-state index contributed by atoms with van der Waals surface area (Å²) in [5, 5.41) is 86.7. The molecule has 2 aliphatic heterocycles. The van der Waals surface area contributed by atoms with Crippen LogP contribution in [0.3, 0.4) is 0 Å². The molecule has 0 saturated carbocycles. The Balaban J connectivity index is 1.89. The third-order valence-corrected chi connectivity index (χ3v) is 12.2. The third-order valence-electron chi connectivity index (χ3n) is 12.2. The summed E-state index contributed by atoms with van der Waals surface area (Å²) in [6, 6.07) is -0.938. The van der Waals surface area contributed by atoms with Gasteiger partial charge >= 0.3 is 0 Å². The Hall–Kier alpha value is -2.05. The van der Waals surface area contributed by atoms with Crippen molar-refractivity contribution >= 4 is 5.91 Å². The molecule has 65 heavy (non-hydrogen) atoms. The normalized spacial score (nSPS) is 27.4. The number of hydrogen-bond acceptors (Lipinski definition) is 13. The Morgan fingerprint density at radius 1 is 0.554 bits per heavy atom. The lowest BCUT2D eigenvalue weighted by Gasteiger charge is -2.46. The molecule has 0 bridgehead atoms. The Bertz CT molecular complexity index is 1280. The fourth-order valence-corrected chi connectivity index (χ4v) is 8.04. The number of ether oxygens (including phenoxy) is 4. The van der Waals surface area contributed by atoms with E-state index in [0.717, 1.165) is 57.8 Å². The first-order chi connectivity index (χ1) is 31.6. The van der Waals surface area contributed by atoms with Gasteiger partial charge in [-0.1, -0.05) is 152 Å². The first-order valence-electron chi connectivity index (χ1n) is 25.4. The van der Waals surface area contributed by atoms with Crippen LogP contribution in [0.2, 0.25) is 0 Å². The predicted molar refractivity (Wildman–Crippen MR) is 254 cm³/mol. The molecule has 12 atom stereocenters. The minimum absolute atomic E-state index is 0.256. The summed E-state index contributed by atoms with van der Waals surface area (Å²) >= 11 is 0. The highest BCUT2D eigenvalue weighted by molar-refractivity contribution is 5.76. The molecule has 0 radical (unpaired) electrons. The summed E-state index contributed by atoms with van der Waals surface area (Å²) in [7, 11) is 0. The van der Waals surface area contributed by atoms with Crippen molar-refractivity contribution in [1.29, 1.82) is 0 Å². The number of unbranched alkanes of at least 4 members (excludes halogenated alkanes) is 19. The number of amides is 1. The van der Waals surface area contributed by atoms with Crippen LogP contribution < -0.4 is 5.32 Å². The highest BCUT2D eigenvalue weighted by Gasteiger charge is 2.51. The topological polar surface area (TPSA) is 228 Å². The first-order valence-corrected chi connectivity index (χ1v) is 25.4. The van der Waals surface area contributed by atoms with Crippen molar-refractivity contribution < 1.29 is 64.6 Å². The third kappa shape index (κ3) is 25.2. The van der Waals surface area contributed by atoms with Gasteiger partial charge in [-0.05, 0) is 64.2 Å². The van der Waals surface area contributed by atoms with Crippen molar-refractivity contribution in [1.82, 2.24) is 5.32 Å². The zero-order chi connectivity index (χ0) is 47.5. The Morgan fingerprint density at radius 3 is 1.63 bits per heavy atom. The number of aliphatic hydroxyl groups is 8. The standard InChI is InChI=1S/C51H91NO13/c1-3-5-7-9-11-13-15-17-19-21-22-24-26-28-30-32-34-40(55)39(52-43(56)35-33-31-29-27-25-23-20-18-16-14-12-10-8-6-4-2)38-62-50-48(61)46(59)49(42(37-54)64-50)65-51-47(60)45(58)44(57)41(36-53)63-51/h12,14,18,20,24,26,32,34,39-42,44-51,53-55,57-61H,3-11,13,15-17,19,21-23,25,27-31,33,35-38H2,1-2H3,(H,52,56)/b14-12-,20-18-,26-24+,34-32+. The van der Waals surface area contributed by atoms with Gasteiger partial charge in [0.15, 0.2) is 12.6 Å². The summed E-state index contributed by atoms with van der Waals surface area (Å²) in [4.78, 5) is 13.2. The van der Waals surface area contributed by atoms with Gasteiger partial charge in [0.1, 0.15) is 48.8 Å². The summed E-state index contributed by atoms with van der Waals surface area (Å²) in [5.41, 5.74) is 0. The van der Waals surface area contributed by atoms with Crippen molar-refractivity contribution in [2.45, 2.75) is 248 Å². The van der Waals surface area contributed by atoms with Crippen molar-refractivity contribution in [2.24, 2.45) is 0 Å². The molecule has 378 valence electrons. The van der Waals surface area contributed by atoms with E-state index >= 15 is 0 Å². The molecule has 14 heteroatoms. The van der Waals surface area contributed by atoms with E-state index in [1.807, 2.05) is 6.08 Å². The highest BCUT2D eigenvalue weighted by atomic mass is 16.7. The number of carbonyl (C=O) groups excluding carboxylic acids is 1. The van der Waals surface area contributed by atoms with Crippen LogP contribution in [0.5, 0.6) is 0 Å². The van der Waals surface area contributed by atoms with Gasteiger partial charge in [-0.2, -0.15) is 0 Å². The van der Waals surface area contributed by atoms with Crippen molar-refractivity contribution in [3.63, 3.8) is 0 Å². The molecule has 0 aromatic rings. The van der Waals surface area contributed by atoms with E-state index in [-0.39, 0.29) is 18.9 Å². The van der Waals surface area contributed by atoms with Crippen LogP contribution in [0.4, 0.5) is 0 Å². The zero-order valence-electron chi connectivity index (χ0n) is 40.0. The van der Waals surface area contributed by atoms with E-state index in [9.17, 15) is 45.6 Å². The van der Waals surface area contributed by atoms with Gasteiger partial charge < -0.3 is 65.1 Å². The van der Waals surface area contributed by atoms with Crippen LogP contribution in [-0.2, 0) is 23.7 Å². The van der Waals surface area contributed by atoms with Crippen molar-refractivity contribution in [3.05, 3.63) is 48.6 Å². The van der Waals surface area contributed by atoms with Gasteiger partial charge in [-0.25, -0.2) is 0 Å². The molecule has 0 aromatic heterocycles. The molecule has 2 rings (SSSR count). The number of aliphatic hydroxyl groups excluding tert-OH is 8. The van der Waals surface area contributed by atoms with Crippen LogP contribution >= 0.6 is 0 Å². The summed E-state index contributed by atoms with van der Waals surface area (Å²) < 4.78 is 22.7. The smallest absolute Gasteiger partial charge is 0.220 e. The Morgan fingerprint density at radius 2 is 1.03 bits per heavy atom. The molecule has 1 amide bonds. The quantitative estimate of drug-likeness (QED) is 0.0239. The number of allylic oxidation sites excluding steroid dienone is 7. The van der Waals surface area contributed by atoms with Gasteiger partial charge in [-0.3, -0.25) is 4.79 Å². The SMILES string of the molecule is CCCCC/C=C\C/C=C\CCCCCCCC(=O)NC(COC1OC(CO)C(OC2OC(CO)C(O)C(O)C2O)C(O)C1O)C(O)/C=C/CC/C=C/CCCCCCCCCCCC. The molecule has 0 aliphatic carbocycles. The lowest BCUT2D eigenvalue weighted by atomic mass is 9.97. The Kier molecular flexibility index (Phi) is 34.4. The predicted octanol–water partition coefficient (Wildman–Crippen LogP) is 6.49. The monoisotopic (exact) mass is 926 g/mol. The molecule has 0 spiro atoms. The summed E-state index contributed by atoms with van der Waals surface area (Å²) in [5.74, 6) is -0.266. The van der Waals surface area contributed by atoms with Gasteiger partial charge in [0.25, 0.3) is 0 Å².